The number of amides is 1. The number of esters is 1. The Balaban J connectivity index is 1.75. The summed E-state index contributed by atoms with van der Waals surface area (Å²) in [4.78, 5) is 23.3. The summed E-state index contributed by atoms with van der Waals surface area (Å²) >= 11 is 6.01. The third kappa shape index (κ3) is 5.89. The zero-order chi connectivity index (χ0) is 17.4. The average molecular weight is 344 g/mol. The van der Waals surface area contributed by atoms with Crippen LogP contribution in [0.25, 0.3) is 6.08 Å². The quantitative estimate of drug-likeness (QED) is 0.645. The van der Waals surface area contributed by atoms with Crippen molar-refractivity contribution in [2.24, 2.45) is 0 Å². The summed E-state index contributed by atoms with van der Waals surface area (Å²) in [6.07, 6.45) is 2.86. The molecule has 24 heavy (non-hydrogen) atoms. The highest BCUT2D eigenvalue weighted by molar-refractivity contribution is 6.31. The third-order valence-corrected chi connectivity index (χ3v) is 3.69. The van der Waals surface area contributed by atoms with E-state index in [1.807, 2.05) is 49.4 Å². The van der Waals surface area contributed by atoms with E-state index in [1.165, 1.54) is 6.08 Å². The van der Waals surface area contributed by atoms with E-state index in [0.717, 1.165) is 16.7 Å². The van der Waals surface area contributed by atoms with Gasteiger partial charge in [0.2, 0.25) is 0 Å². The lowest BCUT2D eigenvalue weighted by Crippen LogP contribution is -2.28. The Morgan fingerprint density at radius 2 is 1.92 bits per heavy atom. The summed E-state index contributed by atoms with van der Waals surface area (Å²) < 4.78 is 4.90. The summed E-state index contributed by atoms with van der Waals surface area (Å²) in [5.74, 6) is -0.930. The van der Waals surface area contributed by atoms with Crippen LogP contribution in [0.4, 0.5) is 0 Å². The van der Waals surface area contributed by atoms with E-state index in [-0.39, 0.29) is 12.5 Å². The Labute approximate surface area is 146 Å². The van der Waals surface area contributed by atoms with Gasteiger partial charge in [-0.15, -0.1) is 0 Å². The Morgan fingerprint density at radius 1 is 1.17 bits per heavy atom. The summed E-state index contributed by atoms with van der Waals surface area (Å²) in [7, 11) is 0. The number of rotatable bonds is 6. The molecule has 1 amide bonds. The monoisotopic (exact) mass is 343 g/mol. The van der Waals surface area contributed by atoms with Gasteiger partial charge in [-0.25, -0.2) is 4.79 Å². The number of carbonyl (C=O) groups excluding carboxylic acids is 2. The highest BCUT2D eigenvalue weighted by Crippen LogP contribution is 2.17. The van der Waals surface area contributed by atoms with Crippen LogP contribution in [0.15, 0.2) is 54.6 Å². The second-order valence-corrected chi connectivity index (χ2v) is 5.62. The van der Waals surface area contributed by atoms with Crippen LogP contribution in [-0.4, -0.2) is 18.5 Å². The predicted molar refractivity (Wildman–Crippen MR) is 94.5 cm³/mol. The Hall–Kier alpha value is -2.59. The van der Waals surface area contributed by atoms with Crippen LogP contribution in [0.2, 0.25) is 5.02 Å². The van der Waals surface area contributed by atoms with Crippen LogP contribution >= 0.6 is 11.6 Å². The molecule has 0 aromatic heterocycles. The molecular formula is C19H18ClNO3. The SMILES string of the molecule is Cc1ccc(/C=C/C(=O)OCC(=O)NCc2ccccc2)cc1Cl. The Kier molecular flexibility index (Phi) is 6.58. The fraction of sp³-hybridized carbons (Fsp3) is 0.158. The largest absolute Gasteiger partial charge is 0.452 e. The summed E-state index contributed by atoms with van der Waals surface area (Å²) in [5, 5.41) is 3.31. The van der Waals surface area contributed by atoms with Gasteiger partial charge in [-0.3, -0.25) is 4.79 Å². The minimum atomic E-state index is -0.582. The van der Waals surface area contributed by atoms with Gasteiger partial charge in [-0.1, -0.05) is 54.1 Å². The molecular weight excluding hydrogens is 326 g/mol. The molecule has 5 heteroatoms. The van der Waals surface area contributed by atoms with Gasteiger partial charge >= 0.3 is 5.97 Å². The van der Waals surface area contributed by atoms with E-state index >= 15 is 0 Å². The second kappa shape index (κ2) is 8.89. The van der Waals surface area contributed by atoms with Crippen molar-refractivity contribution in [3.05, 3.63) is 76.3 Å². The fourth-order valence-corrected chi connectivity index (χ4v) is 2.10. The normalized spacial score (nSPS) is 10.6. The van der Waals surface area contributed by atoms with Gasteiger partial charge in [0, 0.05) is 17.6 Å². The van der Waals surface area contributed by atoms with Gasteiger partial charge in [-0.05, 0) is 35.8 Å². The maximum absolute atomic E-state index is 11.6. The number of hydrogen-bond donors (Lipinski definition) is 1. The van der Waals surface area contributed by atoms with E-state index < -0.39 is 5.97 Å². The van der Waals surface area contributed by atoms with Gasteiger partial charge in [-0.2, -0.15) is 0 Å². The molecule has 0 unspecified atom stereocenters. The fourth-order valence-electron chi connectivity index (χ4n) is 1.91. The van der Waals surface area contributed by atoms with Crippen LogP contribution in [-0.2, 0) is 20.9 Å². The van der Waals surface area contributed by atoms with Gasteiger partial charge in [0.05, 0.1) is 0 Å². The van der Waals surface area contributed by atoms with Crippen molar-refractivity contribution in [1.29, 1.82) is 0 Å². The number of benzene rings is 2. The summed E-state index contributed by atoms with van der Waals surface area (Å²) in [5.41, 5.74) is 2.73. The van der Waals surface area contributed by atoms with Crippen molar-refractivity contribution < 1.29 is 14.3 Å². The molecule has 1 N–H and O–H groups in total. The molecule has 0 atom stereocenters. The van der Waals surface area contributed by atoms with Gasteiger partial charge < -0.3 is 10.1 Å². The van der Waals surface area contributed by atoms with Crippen molar-refractivity contribution in [2.45, 2.75) is 13.5 Å². The second-order valence-electron chi connectivity index (χ2n) is 5.21. The lowest BCUT2D eigenvalue weighted by molar-refractivity contribution is -0.143. The maximum Gasteiger partial charge on any atom is 0.331 e. The van der Waals surface area contributed by atoms with E-state index in [1.54, 1.807) is 12.1 Å². The smallest absolute Gasteiger partial charge is 0.331 e. The van der Waals surface area contributed by atoms with Crippen LogP contribution < -0.4 is 5.32 Å². The minimum absolute atomic E-state index is 0.315. The molecule has 124 valence electrons. The lowest BCUT2D eigenvalue weighted by atomic mass is 10.1. The molecule has 0 saturated heterocycles. The molecule has 0 radical (unpaired) electrons. The number of nitrogens with one attached hydrogen (secondary N) is 1. The predicted octanol–water partition coefficient (Wildman–Crippen LogP) is 3.52. The first kappa shape index (κ1) is 17.8. The van der Waals surface area contributed by atoms with Crippen molar-refractivity contribution in [3.63, 3.8) is 0 Å². The van der Waals surface area contributed by atoms with E-state index in [4.69, 9.17) is 16.3 Å². The molecule has 2 rings (SSSR count). The number of ether oxygens (including phenoxy) is 1. The first-order valence-corrected chi connectivity index (χ1v) is 7.84. The lowest BCUT2D eigenvalue weighted by Gasteiger charge is -2.05. The van der Waals surface area contributed by atoms with Gasteiger partial charge in [0.15, 0.2) is 6.61 Å². The topological polar surface area (TPSA) is 55.4 Å². The zero-order valence-corrected chi connectivity index (χ0v) is 14.0. The Bertz CT molecular complexity index is 742. The average Bonchev–Trinajstić information content (AvgIpc) is 2.60. The molecule has 0 aliphatic rings. The third-order valence-electron chi connectivity index (χ3n) is 3.29. The molecule has 0 saturated carbocycles. The van der Waals surface area contributed by atoms with Gasteiger partial charge in [0.1, 0.15) is 0 Å². The minimum Gasteiger partial charge on any atom is -0.452 e. The van der Waals surface area contributed by atoms with Crippen molar-refractivity contribution >= 4 is 29.6 Å². The van der Waals surface area contributed by atoms with Crippen molar-refractivity contribution in [1.82, 2.24) is 5.32 Å². The van der Waals surface area contributed by atoms with E-state index in [0.29, 0.717) is 11.6 Å². The summed E-state index contributed by atoms with van der Waals surface area (Å²) in [6, 6.07) is 15.0. The molecule has 0 bridgehead atoms. The first-order chi connectivity index (χ1) is 11.5. The van der Waals surface area contributed by atoms with Crippen LogP contribution in [0.1, 0.15) is 16.7 Å². The molecule has 4 nitrogen and oxygen atoms in total. The number of carbonyl (C=O) groups is 2. The molecule has 0 fully saturated rings. The highest BCUT2D eigenvalue weighted by atomic mass is 35.5. The molecule has 0 aliphatic carbocycles. The van der Waals surface area contributed by atoms with E-state index in [2.05, 4.69) is 5.32 Å². The summed E-state index contributed by atoms with van der Waals surface area (Å²) in [6.45, 7) is 1.98. The maximum atomic E-state index is 11.6. The molecule has 2 aromatic rings. The van der Waals surface area contributed by atoms with Crippen LogP contribution in [0.5, 0.6) is 0 Å². The number of hydrogen-bond acceptors (Lipinski definition) is 3. The van der Waals surface area contributed by atoms with E-state index in [9.17, 15) is 9.59 Å². The molecule has 0 heterocycles. The standard InChI is InChI=1S/C19H18ClNO3/c1-14-7-8-15(11-17(14)20)9-10-19(23)24-13-18(22)21-12-16-5-3-2-4-6-16/h2-11H,12-13H2,1H3,(H,21,22)/b10-9+. The number of aryl methyl sites for hydroxylation is 1. The number of halogens is 1. The van der Waals surface area contributed by atoms with Gasteiger partial charge in [0.25, 0.3) is 5.91 Å². The molecule has 2 aromatic carbocycles. The van der Waals surface area contributed by atoms with Crippen LogP contribution in [0, 0.1) is 6.92 Å². The first-order valence-electron chi connectivity index (χ1n) is 7.46. The van der Waals surface area contributed by atoms with Crippen molar-refractivity contribution in [3.8, 4) is 0 Å². The van der Waals surface area contributed by atoms with Crippen molar-refractivity contribution in [2.75, 3.05) is 6.61 Å². The highest BCUT2D eigenvalue weighted by Gasteiger charge is 2.05. The molecule has 0 spiro atoms. The zero-order valence-electron chi connectivity index (χ0n) is 13.3. The van der Waals surface area contributed by atoms with Crippen LogP contribution in [0.3, 0.4) is 0 Å². The molecule has 0 aliphatic heterocycles. The Morgan fingerprint density at radius 3 is 2.62 bits per heavy atom.